The molecule has 4 nitrogen and oxygen atoms in total. The monoisotopic (exact) mass is 250 g/mol. The number of nitrogens with two attached hydrogens (primary N) is 1. The van der Waals surface area contributed by atoms with Gasteiger partial charge in [0.25, 0.3) is 0 Å². The summed E-state index contributed by atoms with van der Waals surface area (Å²) >= 11 is 0. The molecule has 0 aliphatic heterocycles. The molecule has 3 N–H and O–H groups in total. The molecule has 100 valence electrons. The van der Waals surface area contributed by atoms with Crippen LogP contribution >= 0.6 is 0 Å². The predicted octanol–water partition coefficient (Wildman–Crippen LogP) is 2.16. The number of carboxylic acid groups (broad SMARTS) is 1. The minimum absolute atomic E-state index is 0.247. The Morgan fingerprint density at radius 1 is 1.17 bits per heavy atom. The molecule has 0 atom stereocenters. The molecule has 0 unspecified atom stereocenters. The second-order valence-electron chi connectivity index (χ2n) is 4.50. The average Bonchev–Trinajstić information content (AvgIpc) is 2.36. The van der Waals surface area contributed by atoms with Gasteiger partial charge in [0.05, 0.1) is 0 Å². The van der Waals surface area contributed by atoms with Crippen molar-refractivity contribution in [3.8, 4) is 0 Å². The number of hydrogen-bond acceptors (Lipinski definition) is 3. The number of rotatable bonds is 9. The highest BCUT2D eigenvalue weighted by atomic mass is 16.4. The number of unbranched alkanes of at least 4 members (excludes halogenated alkanes) is 2. The second-order valence-corrected chi connectivity index (χ2v) is 4.50. The van der Waals surface area contributed by atoms with Gasteiger partial charge in [-0.25, -0.2) is 0 Å². The molecule has 0 saturated carbocycles. The lowest BCUT2D eigenvalue weighted by Crippen LogP contribution is -1.99. The van der Waals surface area contributed by atoms with Gasteiger partial charge in [0.1, 0.15) is 0 Å². The van der Waals surface area contributed by atoms with E-state index in [-0.39, 0.29) is 6.42 Å². The molecule has 0 aliphatic carbocycles. The van der Waals surface area contributed by atoms with Crippen molar-refractivity contribution >= 4 is 5.97 Å². The van der Waals surface area contributed by atoms with Crippen LogP contribution in [0.4, 0.5) is 0 Å². The number of aromatic nitrogens is 1. The third kappa shape index (κ3) is 6.35. The third-order valence-corrected chi connectivity index (χ3v) is 2.88. The lowest BCUT2D eigenvalue weighted by Gasteiger charge is -2.03. The van der Waals surface area contributed by atoms with Crippen LogP contribution in [0, 0.1) is 0 Å². The number of carbonyl (C=O) groups is 1. The van der Waals surface area contributed by atoms with Crippen LogP contribution in [0.3, 0.4) is 0 Å². The molecule has 0 aromatic carbocycles. The Kier molecular flexibility index (Phi) is 7.03. The van der Waals surface area contributed by atoms with Crippen LogP contribution in [-0.2, 0) is 17.6 Å². The van der Waals surface area contributed by atoms with Crippen LogP contribution in [0.15, 0.2) is 18.3 Å². The lowest BCUT2D eigenvalue weighted by atomic mass is 10.1. The first-order chi connectivity index (χ1) is 8.72. The van der Waals surface area contributed by atoms with Gasteiger partial charge in [-0.1, -0.05) is 6.07 Å². The molecular weight excluding hydrogens is 228 g/mol. The van der Waals surface area contributed by atoms with E-state index >= 15 is 0 Å². The van der Waals surface area contributed by atoms with E-state index in [0.29, 0.717) is 0 Å². The molecule has 0 fully saturated rings. The highest BCUT2D eigenvalue weighted by Gasteiger charge is 1.99. The van der Waals surface area contributed by atoms with Crippen LogP contribution in [0.25, 0.3) is 0 Å². The highest BCUT2D eigenvalue weighted by molar-refractivity contribution is 5.66. The van der Waals surface area contributed by atoms with Crippen molar-refractivity contribution in [2.24, 2.45) is 5.73 Å². The zero-order valence-electron chi connectivity index (χ0n) is 10.8. The van der Waals surface area contributed by atoms with E-state index in [4.69, 9.17) is 10.8 Å². The summed E-state index contributed by atoms with van der Waals surface area (Å²) in [5, 5.41) is 8.53. The van der Waals surface area contributed by atoms with E-state index in [9.17, 15) is 4.79 Å². The van der Waals surface area contributed by atoms with Crippen molar-refractivity contribution in [3.63, 3.8) is 0 Å². The Balaban J connectivity index is 2.25. The Labute approximate surface area is 108 Å². The first-order valence-electron chi connectivity index (χ1n) is 6.58. The van der Waals surface area contributed by atoms with Gasteiger partial charge in [0, 0.05) is 18.3 Å². The van der Waals surface area contributed by atoms with E-state index in [1.54, 1.807) is 0 Å². The number of nitrogens with zero attached hydrogens (tertiary/aromatic N) is 1. The van der Waals surface area contributed by atoms with Crippen LogP contribution < -0.4 is 5.73 Å². The normalized spacial score (nSPS) is 10.5. The van der Waals surface area contributed by atoms with Crippen molar-refractivity contribution in [1.82, 2.24) is 4.98 Å². The number of hydrogen-bond donors (Lipinski definition) is 2. The van der Waals surface area contributed by atoms with E-state index in [0.717, 1.165) is 50.8 Å². The molecule has 0 radical (unpaired) electrons. The molecule has 0 saturated heterocycles. The standard InChI is InChI=1S/C14H22N2O2/c15-10-4-3-5-12-8-9-13(16-11-12)6-1-2-7-14(17)18/h8-9,11H,1-7,10,15H2,(H,17,18). The van der Waals surface area contributed by atoms with E-state index in [1.807, 2.05) is 12.3 Å². The maximum atomic E-state index is 10.4. The molecule has 1 aromatic heterocycles. The molecule has 4 heteroatoms. The van der Waals surface area contributed by atoms with Gasteiger partial charge in [-0.15, -0.1) is 0 Å². The number of carboxylic acids is 1. The Morgan fingerprint density at radius 2 is 1.94 bits per heavy atom. The zero-order chi connectivity index (χ0) is 13.2. The molecule has 0 aliphatic rings. The molecule has 0 amide bonds. The van der Waals surface area contributed by atoms with Gasteiger partial charge in [0.15, 0.2) is 0 Å². The quantitative estimate of drug-likeness (QED) is 0.658. The average molecular weight is 250 g/mol. The summed E-state index contributed by atoms with van der Waals surface area (Å²) in [6.07, 6.45) is 7.81. The maximum Gasteiger partial charge on any atom is 0.303 e. The van der Waals surface area contributed by atoms with Gasteiger partial charge in [-0.3, -0.25) is 9.78 Å². The first kappa shape index (κ1) is 14.6. The van der Waals surface area contributed by atoms with Crippen molar-refractivity contribution in [3.05, 3.63) is 29.6 Å². The van der Waals surface area contributed by atoms with E-state index in [1.165, 1.54) is 5.56 Å². The third-order valence-electron chi connectivity index (χ3n) is 2.88. The van der Waals surface area contributed by atoms with Gasteiger partial charge in [-0.05, 0) is 56.7 Å². The summed E-state index contributed by atoms with van der Waals surface area (Å²) in [6.45, 7) is 0.745. The van der Waals surface area contributed by atoms with Crippen molar-refractivity contribution in [1.29, 1.82) is 0 Å². The molecule has 0 bridgehead atoms. The van der Waals surface area contributed by atoms with Crippen molar-refractivity contribution < 1.29 is 9.90 Å². The van der Waals surface area contributed by atoms with Crippen LogP contribution in [0.5, 0.6) is 0 Å². The fraction of sp³-hybridized carbons (Fsp3) is 0.571. The predicted molar refractivity (Wildman–Crippen MR) is 71.4 cm³/mol. The van der Waals surface area contributed by atoms with Crippen LogP contribution in [0.2, 0.25) is 0 Å². The number of aryl methyl sites for hydroxylation is 2. The molecule has 18 heavy (non-hydrogen) atoms. The van der Waals surface area contributed by atoms with Gasteiger partial charge in [-0.2, -0.15) is 0 Å². The Hall–Kier alpha value is -1.42. The fourth-order valence-electron chi connectivity index (χ4n) is 1.81. The first-order valence-corrected chi connectivity index (χ1v) is 6.58. The van der Waals surface area contributed by atoms with Crippen molar-refractivity contribution in [2.75, 3.05) is 6.54 Å². The highest BCUT2D eigenvalue weighted by Crippen LogP contribution is 2.08. The molecule has 1 rings (SSSR count). The largest absolute Gasteiger partial charge is 0.481 e. The zero-order valence-corrected chi connectivity index (χ0v) is 10.8. The molecule has 1 aromatic rings. The van der Waals surface area contributed by atoms with E-state index < -0.39 is 5.97 Å². The maximum absolute atomic E-state index is 10.4. The van der Waals surface area contributed by atoms with Crippen LogP contribution in [-0.4, -0.2) is 22.6 Å². The summed E-state index contributed by atoms with van der Waals surface area (Å²) in [5.41, 5.74) is 7.74. The topological polar surface area (TPSA) is 76.2 Å². The minimum atomic E-state index is -0.724. The van der Waals surface area contributed by atoms with E-state index in [2.05, 4.69) is 11.1 Å². The summed E-state index contributed by atoms with van der Waals surface area (Å²) in [4.78, 5) is 14.8. The van der Waals surface area contributed by atoms with Gasteiger partial charge in [0.2, 0.25) is 0 Å². The number of aliphatic carboxylic acids is 1. The smallest absolute Gasteiger partial charge is 0.303 e. The summed E-state index contributed by atoms with van der Waals surface area (Å²) < 4.78 is 0. The molecule has 0 spiro atoms. The lowest BCUT2D eigenvalue weighted by molar-refractivity contribution is -0.137. The number of pyridine rings is 1. The second kappa shape index (κ2) is 8.64. The van der Waals surface area contributed by atoms with Gasteiger partial charge < -0.3 is 10.8 Å². The Bertz CT molecular complexity index is 349. The SMILES string of the molecule is NCCCCc1ccc(CCCCC(=O)O)nc1. The molecular formula is C14H22N2O2. The fourth-order valence-corrected chi connectivity index (χ4v) is 1.81. The van der Waals surface area contributed by atoms with Gasteiger partial charge >= 0.3 is 5.97 Å². The summed E-state index contributed by atoms with van der Waals surface area (Å²) in [5.74, 6) is -0.724. The minimum Gasteiger partial charge on any atom is -0.481 e. The van der Waals surface area contributed by atoms with Crippen LogP contribution in [0.1, 0.15) is 43.4 Å². The Morgan fingerprint density at radius 3 is 2.56 bits per heavy atom. The summed E-state index contributed by atoms with van der Waals surface area (Å²) in [6, 6.07) is 4.15. The van der Waals surface area contributed by atoms with Crippen molar-refractivity contribution in [2.45, 2.75) is 44.9 Å². The summed E-state index contributed by atoms with van der Waals surface area (Å²) in [7, 11) is 0. The molecule has 1 heterocycles.